The smallest absolute Gasteiger partial charge is 0.131 e. The van der Waals surface area contributed by atoms with E-state index < -0.39 is 18.0 Å². The number of halogens is 4. The van der Waals surface area contributed by atoms with Crippen LogP contribution in [0.3, 0.4) is 0 Å². The van der Waals surface area contributed by atoms with Crippen LogP contribution in [0, 0.1) is 5.82 Å². The predicted octanol–water partition coefficient (Wildman–Crippen LogP) is 3.26. The van der Waals surface area contributed by atoms with E-state index in [0.29, 0.717) is 4.47 Å². The molecule has 2 nitrogen and oxygen atoms in total. The van der Waals surface area contributed by atoms with Crippen molar-refractivity contribution >= 4 is 39.1 Å². The quantitative estimate of drug-likeness (QED) is 0.831. The molecule has 90 valence electrons. The van der Waals surface area contributed by atoms with Gasteiger partial charge in [-0.1, -0.05) is 27.5 Å². The SMILES string of the molecule is OC(CCCl)C(O)c1c(F)cc(Cl)cc1Br. The summed E-state index contributed by atoms with van der Waals surface area (Å²) in [7, 11) is 0. The maximum Gasteiger partial charge on any atom is 0.131 e. The number of aliphatic hydroxyl groups is 2. The van der Waals surface area contributed by atoms with Crippen molar-refractivity contribution in [2.45, 2.75) is 18.6 Å². The number of benzene rings is 1. The van der Waals surface area contributed by atoms with Crippen molar-refractivity contribution in [3.8, 4) is 0 Å². The summed E-state index contributed by atoms with van der Waals surface area (Å²) < 4.78 is 13.9. The van der Waals surface area contributed by atoms with Crippen LogP contribution in [0.4, 0.5) is 4.39 Å². The van der Waals surface area contributed by atoms with Crippen LogP contribution in [0.2, 0.25) is 5.02 Å². The zero-order valence-corrected chi connectivity index (χ0v) is 11.2. The van der Waals surface area contributed by atoms with E-state index in [1.54, 1.807) is 0 Å². The van der Waals surface area contributed by atoms with Gasteiger partial charge in [0.2, 0.25) is 0 Å². The minimum absolute atomic E-state index is 0.0120. The third kappa shape index (κ3) is 3.31. The molecule has 0 aromatic heterocycles. The summed E-state index contributed by atoms with van der Waals surface area (Å²) in [6, 6.07) is 2.54. The van der Waals surface area contributed by atoms with E-state index in [-0.39, 0.29) is 22.9 Å². The third-order valence-corrected chi connectivity index (χ3v) is 3.20. The molecule has 2 N–H and O–H groups in total. The molecule has 6 heteroatoms. The summed E-state index contributed by atoms with van der Waals surface area (Å²) in [5.41, 5.74) is -0.0120. The van der Waals surface area contributed by atoms with Crippen LogP contribution in [0.25, 0.3) is 0 Å². The van der Waals surface area contributed by atoms with Crippen molar-refractivity contribution in [3.63, 3.8) is 0 Å². The van der Waals surface area contributed by atoms with E-state index in [0.717, 1.165) is 6.07 Å². The molecule has 2 atom stereocenters. The topological polar surface area (TPSA) is 40.5 Å². The van der Waals surface area contributed by atoms with E-state index in [1.165, 1.54) is 6.07 Å². The van der Waals surface area contributed by atoms with Crippen molar-refractivity contribution in [1.82, 2.24) is 0 Å². The van der Waals surface area contributed by atoms with Crippen LogP contribution in [0.5, 0.6) is 0 Å². The van der Waals surface area contributed by atoms with E-state index in [9.17, 15) is 14.6 Å². The fraction of sp³-hybridized carbons (Fsp3) is 0.400. The van der Waals surface area contributed by atoms with Gasteiger partial charge in [-0.05, 0) is 18.6 Å². The van der Waals surface area contributed by atoms with E-state index in [1.807, 2.05) is 0 Å². The van der Waals surface area contributed by atoms with Crippen LogP contribution in [-0.2, 0) is 0 Å². The molecule has 2 unspecified atom stereocenters. The Kier molecular flexibility index (Phi) is 5.47. The second-order valence-corrected chi connectivity index (χ2v) is 4.94. The van der Waals surface area contributed by atoms with Gasteiger partial charge < -0.3 is 10.2 Å². The molecule has 0 amide bonds. The van der Waals surface area contributed by atoms with Crippen LogP contribution in [0.15, 0.2) is 16.6 Å². The zero-order chi connectivity index (χ0) is 12.3. The maximum atomic E-state index is 13.5. The highest BCUT2D eigenvalue weighted by Crippen LogP contribution is 2.32. The molecule has 0 aliphatic rings. The van der Waals surface area contributed by atoms with Gasteiger partial charge in [-0.2, -0.15) is 0 Å². The van der Waals surface area contributed by atoms with Gasteiger partial charge in [0.05, 0.1) is 6.10 Å². The lowest BCUT2D eigenvalue weighted by Gasteiger charge is -2.19. The molecule has 16 heavy (non-hydrogen) atoms. The second-order valence-electron chi connectivity index (χ2n) is 3.27. The molecule has 0 saturated heterocycles. The maximum absolute atomic E-state index is 13.5. The van der Waals surface area contributed by atoms with Crippen molar-refractivity contribution in [1.29, 1.82) is 0 Å². The van der Waals surface area contributed by atoms with Gasteiger partial charge in [-0.25, -0.2) is 4.39 Å². The number of rotatable bonds is 4. The standard InChI is InChI=1S/C10H10BrCl2FO2/c11-6-3-5(13)4-7(14)9(6)10(16)8(15)1-2-12/h3-4,8,10,15-16H,1-2H2. The average molecular weight is 332 g/mol. The van der Waals surface area contributed by atoms with Crippen molar-refractivity contribution < 1.29 is 14.6 Å². The van der Waals surface area contributed by atoms with Gasteiger partial charge >= 0.3 is 0 Å². The number of alkyl halides is 1. The van der Waals surface area contributed by atoms with Gasteiger partial charge in [0.15, 0.2) is 0 Å². The minimum atomic E-state index is -1.33. The molecular formula is C10H10BrCl2FO2. The molecule has 0 fully saturated rings. The first-order valence-electron chi connectivity index (χ1n) is 4.54. The summed E-state index contributed by atoms with van der Waals surface area (Å²) in [5.74, 6) is -0.481. The highest BCUT2D eigenvalue weighted by Gasteiger charge is 2.24. The fourth-order valence-electron chi connectivity index (χ4n) is 1.30. The molecule has 0 bridgehead atoms. The Balaban J connectivity index is 3.03. The minimum Gasteiger partial charge on any atom is -0.390 e. The molecule has 1 aromatic carbocycles. The van der Waals surface area contributed by atoms with Gasteiger partial charge in [0.1, 0.15) is 11.9 Å². The van der Waals surface area contributed by atoms with Gasteiger partial charge in [0, 0.05) is 20.9 Å². The molecule has 0 spiro atoms. The van der Waals surface area contributed by atoms with E-state index in [2.05, 4.69) is 15.9 Å². The van der Waals surface area contributed by atoms with Crippen molar-refractivity contribution in [2.24, 2.45) is 0 Å². The lowest BCUT2D eigenvalue weighted by Crippen LogP contribution is -2.20. The monoisotopic (exact) mass is 330 g/mol. The Morgan fingerprint density at radius 2 is 2.00 bits per heavy atom. The number of hydrogen-bond donors (Lipinski definition) is 2. The molecule has 0 aliphatic heterocycles. The summed E-state index contributed by atoms with van der Waals surface area (Å²) in [6.07, 6.45) is -2.26. The van der Waals surface area contributed by atoms with Crippen molar-refractivity contribution in [2.75, 3.05) is 5.88 Å². The first kappa shape index (κ1) is 14.2. The molecule has 1 aromatic rings. The van der Waals surface area contributed by atoms with Crippen LogP contribution < -0.4 is 0 Å². The van der Waals surface area contributed by atoms with Crippen molar-refractivity contribution in [3.05, 3.63) is 33.0 Å². The average Bonchev–Trinajstić information content (AvgIpc) is 2.16. The van der Waals surface area contributed by atoms with E-state index in [4.69, 9.17) is 23.2 Å². The molecule has 0 aliphatic carbocycles. The zero-order valence-electron chi connectivity index (χ0n) is 8.13. The highest BCUT2D eigenvalue weighted by atomic mass is 79.9. The summed E-state index contributed by atoms with van der Waals surface area (Å²) >= 11 is 14.2. The fourth-order valence-corrected chi connectivity index (χ4v) is 2.53. The summed E-state index contributed by atoms with van der Waals surface area (Å²) in [5, 5.41) is 19.5. The normalized spacial score (nSPS) is 14.9. The Hall–Kier alpha value is 0.130. The van der Waals surface area contributed by atoms with E-state index >= 15 is 0 Å². The summed E-state index contributed by atoms with van der Waals surface area (Å²) in [4.78, 5) is 0. The van der Waals surface area contributed by atoms with Gasteiger partial charge in [0.25, 0.3) is 0 Å². The number of aliphatic hydroxyl groups excluding tert-OH is 2. The first-order chi connectivity index (χ1) is 7.47. The Labute approximate surface area is 111 Å². The molecule has 0 saturated carbocycles. The largest absolute Gasteiger partial charge is 0.390 e. The molecule has 0 radical (unpaired) electrons. The molecule has 1 rings (SSSR count). The lowest BCUT2D eigenvalue weighted by molar-refractivity contribution is 0.0145. The van der Waals surface area contributed by atoms with Crippen LogP contribution in [0.1, 0.15) is 18.1 Å². The highest BCUT2D eigenvalue weighted by molar-refractivity contribution is 9.10. The molecular weight excluding hydrogens is 322 g/mol. The lowest BCUT2D eigenvalue weighted by atomic mass is 10.0. The third-order valence-electron chi connectivity index (χ3n) is 2.11. The molecule has 0 heterocycles. The van der Waals surface area contributed by atoms with Gasteiger partial charge in [-0.15, -0.1) is 11.6 Å². The van der Waals surface area contributed by atoms with Crippen LogP contribution in [-0.4, -0.2) is 22.2 Å². The summed E-state index contributed by atoms with van der Waals surface area (Å²) in [6.45, 7) is 0. The Bertz CT molecular complexity index is 353. The van der Waals surface area contributed by atoms with Crippen LogP contribution >= 0.6 is 39.1 Å². The Morgan fingerprint density at radius 1 is 1.38 bits per heavy atom. The predicted molar refractivity (Wildman–Crippen MR) is 65.4 cm³/mol. The first-order valence-corrected chi connectivity index (χ1v) is 6.24. The second kappa shape index (κ2) is 6.17. The number of hydrogen-bond acceptors (Lipinski definition) is 2. The Morgan fingerprint density at radius 3 is 2.50 bits per heavy atom. The van der Waals surface area contributed by atoms with Gasteiger partial charge in [-0.3, -0.25) is 0 Å².